The molecule has 202 valence electrons. The molecule has 3 fully saturated rings. The average molecular weight is 527 g/mol. The number of benzene rings is 1. The number of urea groups is 1. The van der Waals surface area contributed by atoms with Crippen LogP contribution < -0.4 is 15.5 Å². The zero-order valence-corrected chi connectivity index (χ0v) is 23.2. The van der Waals surface area contributed by atoms with Crippen LogP contribution >= 0.6 is 11.3 Å². The number of nitrogens with two attached hydrogens (primary N) is 1. The molecule has 2 aromatic rings. The third kappa shape index (κ3) is 6.11. The normalized spacial score (nSPS) is 22.7. The first kappa shape index (κ1) is 26.4. The molecule has 3 aliphatic rings. The number of rotatable bonds is 7. The molecule has 2 saturated heterocycles. The van der Waals surface area contributed by atoms with Crippen molar-refractivity contribution in [2.24, 2.45) is 5.73 Å². The second-order valence-corrected chi connectivity index (χ2v) is 11.7. The number of likely N-dealkylation sites (N-methyl/N-ethyl adjacent to an activating group) is 1. The fourth-order valence-corrected chi connectivity index (χ4v) is 7.13. The van der Waals surface area contributed by atoms with Crippen molar-refractivity contribution in [1.82, 2.24) is 19.8 Å². The highest BCUT2D eigenvalue weighted by atomic mass is 32.1. The van der Waals surface area contributed by atoms with Crippen molar-refractivity contribution in [3.8, 4) is 17.0 Å². The number of hydrogen-bond acceptors (Lipinski definition) is 7. The number of thiazole rings is 1. The van der Waals surface area contributed by atoms with Crippen molar-refractivity contribution in [1.29, 1.82) is 0 Å². The van der Waals surface area contributed by atoms with Crippen LogP contribution in [0.5, 0.6) is 5.75 Å². The number of carbonyl (C=O) groups is 1. The van der Waals surface area contributed by atoms with Gasteiger partial charge in [0, 0.05) is 49.7 Å². The van der Waals surface area contributed by atoms with Gasteiger partial charge in [0.1, 0.15) is 5.75 Å². The molecule has 2 amide bonds. The maximum Gasteiger partial charge on any atom is 0.336 e. The molecule has 0 bridgehead atoms. The van der Waals surface area contributed by atoms with Crippen LogP contribution in [0, 0.1) is 0 Å². The van der Waals surface area contributed by atoms with Crippen LogP contribution in [-0.2, 0) is 0 Å². The Hall–Kier alpha value is -2.20. The standard InChI is InChI=1S/C28H42N6O2S/c1-31-13-7-6-10-23(31)19-32-14-16-33(17-15-32)34(27(29)35)28-30-25(20-37-28)22-11-12-24(26(18-22)36-2)21-8-4-3-5-9-21/h11-12,18,20-21,23H,3-10,13-17,19H2,1-2H3,(H2,29,35). The van der Waals surface area contributed by atoms with Crippen molar-refractivity contribution in [3.05, 3.63) is 29.1 Å². The van der Waals surface area contributed by atoms with Gasteiger partial charge in [-0.25, -0.2) is 14.8 Å². The summed E-state index contributed by atoms with van der Waals surface area (Å²) in [5.41, 5.74) is 9.02. The van der Waals surface area contributed by atoms with Gasteiger partial charge in [0.05, 0.1) is 12.8 Å². The Morgan fingerprint density at radius 2 is 1.84 bits per heavy atom. The lowest BCUT2D eigenvalue weighted by Gasteiger charge is -2.42. The van der Waals surface area contributed by atoms with Crippen LogP contribution in [0.1, 0.15) is 62.8 Å². The molecule has 9 heteroatoms. The number of piperazine rings is 1. The molecule has 1 aromatic carbocycles. The van der Waals surface area contributed by atoms with Crippen LogP contribution in [0.3, 0.4) is 0 Å². The summed E-state index contributed by atoms with van der Waals surface area (Å²) in [7, 11) is 3.99. The number of nitrogens with zero attached hydrogens (tertiary/aromatic N) is 5. The number of amides is 2. The number of hydrazine groups is 1. The highest BCUT2D eigenvalue weighted by molar-refractivity contribution is 7.14. The van der Waals surface area contributed by atoms with Crippen molar-refractivity contribution < 1.29 is 9.53 Å². The fraction of sp³-hybridized carbons (Fsp3) is 0.643. The Bertz CT molecular complexity index is 1050. The van der Waals surface area contributed by atoms with E-state index in [0.717, 1.165) is 49.7 Å². The molecule has 2 aliphatic heterocycles. The van der Waals surface area contributed by atoms with Crippen LogP contribution in [0.25, 0.3) is 11.3 Å². The quantitative estimate of drug-likeness (QED) is 0.560. The van der Waals surface area contributed by atoms with Gasteiger partial charge < -0.3 is 15.4 Å². The Labute approximate surface area is 225 Å². The van der Waals surface area contributed by atoms with E-state index in [1.807, 2.05) is 5.38 Å². The van der Waals surface area contributed by atoms with Gasteiger partial charge in [-0.15, -0.1) is 11.3 Å². The second kappa shape index (κ2) is 12.1. The molecule has 0 spiro atoms. The minimum atomic E-state index is -0.480. The first-order chi connectivity index (χ1) is 18.0. The third-order valence-corrected chi connectivity index (χ3v) is 9.29. The molecule has 1 aliphatic carbocycles. The lowest BCUT2D eigenvalue weighted by molar-refractivity contribution is 0.0827. The van der Waals surface area contributed by atoms with E-state index in [2.05, 4.69) is 40.1 Å². The monoisotopic (exact) mass is 526 g/mol. The molecule has 1 atom stereocenters. The van der Waals surface area contributed by atoms with Crippen molar-refractivity contribution in [3.63, 3.8) is 0 Å². The Morgan fingerprint density at radius 3 is 2.54 bits per heavy atom. The Kier molecular flexibility index (Phi) is 8.64. The summed E-state index contributed by atoms with van der Waals surface area (Å²) in [6.45, 7) is 5.66. The number of anilines is 1. The number of piperidine rings is 1. The molecule has 3 heterocycles. The van der Waals surface area contributed by atoms with E-state index >= 15 is 0 Å². The van der Waals surface area contributed by atoms with E-state index in [0.29, 0.717) is 17.1 Å². The van der Waals surface area contributed by atoms with Crippen LogP contribution in [0.4, 0.5) is 9.93 Å². The first-order valence-corrected chi connectivity index (χ1v) is 14.8. The Morgan fingerprint density at radius 1 is 1.08 bits per heavy atom. The van der Waals surface area contributed by atoms with E-state index in [-0.39, 0.29) is 0 Å². The zero-order chi connectivity index (χ0) is 25.8. The van der Waals surface area contributed by atoms with Crippen molar-refractivity contribution in [2.45, 2.75) is 63.3 Å². The van der Waals surface area contributed by atoms with Gasteiger partial charge in [0.15, 0.2) is 0 Å². The lowest BCUT2D eigenvalue weighted by atomic mass is 9.83. The van der Waals surface area contributed by atoms with E-state index in [1.54, 1.807) is 12.1 Å². The highest BCUT2D eigenvalue weighted by Gasteiger charge is 2.30. The molecule has 37 heavy (non-hydrogen) atoms. The topological polar surface area (TPSA) is 78.2 Å². The molecule has 1 saturated carbocycles. The number of hydrogen-bond donors (Lipinski definition) is 1. The highest BCUT2D eigenvalue weighted by Crippen LogP contribution is 2.40. The molecule has 8 nitrogen and oxygen atoms in total. The summed E-state index contributed by atoms with van der Waals surface area (Å²) in [5, 5.41) is 6.26. The van der Waals surface area contributed by atoms with E-state index < -0.39 is 6.03 Å². The number of methoxy groups -OCH3 is 1. The molecular weight excluding hydrogens is 484 g/mol. The summed E-state index contributed by atoms with van der Waals surface area (Å²) in [6, 6.07) is 6.60. The van der Waals surface area contributed by atoms with Gasteiger partial charge in [-0.3, -0.25) is 4.90 Å². The number of carbonyl (C=O) groups excluding carboxylic acids is 1. The fourth-order valence-electron chi connectivity index (χ4n) is 6.26. The van der Waals surface area contributed by atoms with Crippen LogP contribution in [0.15, 0.2) is 23.6 Å². The molecular formula is C28H42N6O2S. The van der Waals surface area contributed by atoms with Gasteiger partial charge in [-0.2, -0.15) is 5.01 Å². The van der Waals surface area contributed by atoms with Gasteiger partial charge >= 0.3 is 6.03 Å². The van der Waals surface area contributed by atoms with Gasteiger partial charge in [0.2, 0.25) is 5.13 Å². The second-order valence-electron chi connectivity index (χ2n) is 10.8. The summed E-state index contributed by atoms with van der Waals surface area (Å²) in [5.74, 6) is 1.51. The summed E-state index contributed by atoms with van der Waals surface area (Å²) in [6.07, 6.45) is 10.3. The summed E-state index contributed by atoms with van der Waals surface area (Å²) < 4.78 is 5.79. The maximum atomic E-state index is 12.5. The van der Waals surface area contributed by atoms with Gasteiger partial charge in [0.25, 0.3) is 0 Å². The summed E-state index contributed by atoms with van der Waals surface area (Å²) >= 11 is 1.46. The van der Waals surface area contributed by atoms with Crippen molar-refractivity contribution >= 4 is 22.5 Å². The van der Waals surface area contributed by atoms with E-state index in [1.165, 1.54) is 74.8 Å². The maximum absolute atomic E-state index is 12.5. The largest absolute Gasteiger partial charge is 0.496 e. The number of ether oxygens (including phenoxy) is 1. The van der Waals surface area contributed by atoms with Crippen molar-refractivity contribution in [2.75, 3.05) is 58.4 Å². The molecule has 0 radical (unpaired) electrons. The minimum absolute atomic E-state index is 0.480. The molecule has 5 rings (SSSR count). The summed E-state index contributed by atoms with van der Waals surface area (Å²) in [4.78, 5) is 22.4. The molecule has 2 N–H and O–H groups in total. The van der Waals surface area contributed by atoms with E-state index in [4.69, 9.17) is 15.5 Å². The lowest BCUT2D eigenvalue weighted by Crippen LogP contribution is -2.58. The Balaban J connectivity index is 1.25. The number of likely N-dealkylation sites (tertiary alicyclic amines) is 1. The molecule has 1 unspecified atom stereocenters. The minimum Gasteiger partial charge on any atom is -0.496 e. The molecule has 1 aromatic heterocycles. The zero-order valence-electron chi connectivity index (χ0n) is 22.4. The number of aromatic nitrogens is 1. The van der Waals surface area contributed by atoms with Gasteiger partial charge in [-0.1, -0.05) is 37.8 Å². The predicted octanol–water partition coefficient (Wildman–Crippen LogP) is 4.77. The van der Waals surface area contributed by atoms with Crippen LogP contribution in [0.2, 0.25) is 0 Å². The average Bonchev–Trinajstić information content (AvgIpc) is 3.40. The predicted molar refractivity (Wildman–Crippen MR) is 150 cm³/mol. The SMILES string of the molecule is COc1cc(-c2csc(N(C(N)=O)N3CCN(CC4CCCCN4C)CC3)n2)ccc1C1CCCCC1. The van der Waals surface area contributed by atoms with E-state index in [9.17, 15) is 4.79 Å². The third-order valence-electron chi connectivity index (χ3n) is 8.48. The first-order valence-electron chi connectivity index (χ1n) is 13.9. The van der Waals surface area contributed by atoms with Gasteiger partial charge in [-0.05, 0) is 56.8 Å². The number of primary amides is 1. The smallest absolute Gasteiger partial charge is 0.336 e. The van der Waals surface area contributed by atoms with Crippen LogP contribution in [-0.4, -0.2) is 85.3 Å².